The zero-order chi connectivity index (χ0) is 18.0. The summed E-state index contributed by atoms with van der Waals surface area (Å²) in [6, 6.07) is 7.03. The van der Waals surface area contributed by atoms with Crippen LogP contribution in [-0.4, -0.2) is 10.2 Å². The van der Waals surface area contributed by atoms with Crippen LogP contribution in [0.3, 0.4) is 0 Å². The van der Waals surface area contributed by atoms with Gasteiger partial charge in [-0.15, -0.1) is 10.2 Å². The van der Waals surface area contributed by atoms with Crippen molar-refractivity contribution < 1.29 is 13.6 Å². The van der Waals surface area contributed by atoms with Crippen molar-refractivity contribution in [2.45, 2.75) is 52.6 Å². The Labute approximate surface area is 145 Å². The van der Waals surface area contributed by atoms with E-state index in [-0.39, 0.29) is 17.6 Å². The second-order valence-corrected chi connectivity index (χ2v) is 7.04. The molecule has 0 radical (unpaired) electrons. The van der Waals surface area contributed by atoms with Gasteiger partial charge in [-0.3, -0.25) is 0 Å². The van der Waals surface area contributed by atoms with E-state index in [1.807, 2.05) is 32.9 Å². The summed E-state index contributed by atoms with van der Waals surface area (Å²) in [6.45, 7) is 8.25. The number of aryl methyl sites for hydroxylation is 1. The van der Waals surface area contributed by atoms with Gasteiger partial charge in [0.2, 0.25) is 5.89 Å². The summed E-state index contributed by atoms with van der Waals surface area (Å²) in [6.07, 6.45) is 1.80. The molecule has 0 atom stereocenters. The minimum Gasteiger partial charge on any atom is -0.484 e. The maximum Gasteiger partial charge on any atom is 0.336 e. The van der Waals surface area contributed by atoms with E-state index in [1.165, 1.54) is 0 Å². The number of hydrogen-bond acceptors (Lipinski definition) is 6. The van der Waals surface area contributed by atoms with Crippen LogP contribution in [-0.2, 0) is 18.4 Å². The third-order valence-electron chi connectivity index (χ3n) is 3.79. The molecule has 0 aliphatic heterocycles. The fourth-order valence-electron chi connectivity index (χ4n) is 2.54. The Morgan fingerprint density at radius 2 is 1.92 bits per heavy atom. The van der Waals surface area contributed by atoms with E-state index in [2.05, 4.69) is 17.1 Å². The van der Waals surface area contributed by atoms with Crippen LogP contribution in [0.25, 0.3) is 11.0 Å². The number of fused-ring (bicyclic) bond motifs is 1. The minimum absolute atomic E-state index is 0.160. The molecule has 2 aromatic heterocycles. The number of benzene rings is 1. The molecule has 2 heterocycles. The lowest BCUT2D eigenvalue weighted by Crippen LogP contribution is -2.11. The highest BCUT2D eigenvalue weighted by Crippen LogP contribution is 2.25. The van der Waals surface area contributed by atoms with E-state index in [9.17, 15) is 4.79 Å². The number of aromatic nitrogens is 2. The third-order valence-corrected chi connectivity index (χ3v) is 3.79. The number of ether oxygens (including phenoxy) is 1. The average molecular weight is 342 g/mol. The molecule has 25 heavy (non-hydrogen) atoms. The van der Waals surface area contributed by atoms with Crippen molar-refractivity contribution >= 4 is 11.0 Å². The summed E-state index contributed by atoms with van der Waals surface area (Å²) in [5.41, 5.74) is 0.967. The van der Waals surface area contributed by atoms with Crippen molar-refractivity contribution in [2.24, 2.45) is 0 Å². The summed E-state index contributed by atoms with van der Waals surface area (Å²) >= 11 is 0. The lowest BCUT2D eigenvalue weighted by molar-refractivity contribution is 0.251. The second-order valence-electron chi connectivity index (χ2n) is 7.04. The molecule has 3 aromatic rings. The highest BCUT2D eigenvalue weighted by molar-refractivity contribution is 5.81. The Bertz CT molecular complexity index is 934. The molecule has 0 aliphatic rings. The molecule has 0 N–H and O–H groups in total. The predicted molar refractivity (Wildman–Crippen MR) is 93.8 cm³/mol. The molecule has 6 nitrogen and oxygen atoms in total. The molecule has 1 aromatic carbocycles. The Kier molecular flexibility index (Phi) is 4.61. The molecule has 6 heteroatoms. The fraction of sp³-hybridized carbons (Fsp3) is 0.421. The van der Waals surface area contributed by atoms with Gasteiger partial charge in [-0.1, -0.05) is 34.1 Å². The van der Waals surface area contributed by atoms with Gasteiger partial charge in [0.15, 0.2) is 6.61 Å². The smallest absolute Gasteiger partial charge is 0.336 e. The minimum atomic E-state index is -0.347. The number of hydrogen-bond donors (Lipinski definition) is 0. The van der Waals surface area contributed by atoms with Crippen LogP contribution in [0.15, 0.2) is 37.9 Å². The van der Waals surface area contributed by atoms with Gasteiger partial charge in [-0.05, 0) is 24.1 Å². The topological polar surface area (TPSA) is 78.4 Å². The monoisotopic (exact) mass is 342 g/mol. The van der Waals surface area contributed by atoms with Crippen LogP contribution in [0.2, 0.25) is 0 Å². The van der Waals surface area contributed by atoms with Gasteiger partial charge in [0.05, 0.1) is 0 Å². The van der Waals surface area contributed by atoms with Crippen molar-refractivity contribution in [1.29, 1.82) is 0 Å². The molecule has 132 valence electrons. The van der Waals surface area contributed by atoms with E-state index in [0.29, 0.717) is 23.1 Å². The van der Waals surface area contributed by atoms with Gasteiger partial charge in [0.1, 0.15) is 11.3 Å². The first-order valence-electron chi connectivity index (χ1n) is 8.39. The standard InChI is InChI=1S/C19H22N2O4/c1-5-6-12-9-17(22)24-15-10-13(7-8-14(12)15)23-11-16-20-21-18(25-16)19(2,3)4/h7-10H,5-6,11H2,1-4H3. The molecule has 0 saturated heterocycles. The van der Waals surface area contributed by atoms with Crippen LogP contribution in [0.1, 0.15) is 51.5 Å². The van der Waals surface area contributed by atoms with Crippen LogP contribution in [0.5, 0.6) is 5.75 Å². The molecule has 0 aliphatic carbocycles. The summed E-state index contributed by atoms with van der Waals surface area (Å²) in [4.78, 5) is 11.7. The Hall–Kier alpha value is -2.63. The Morgan fingerprint density at radius 1 is 1.12 bits per heavy atom. The van der Waals surface area contributed by atoms with Crippen LogP contribution < -0.4 is 10.4 Å². The maximum atomic E-state index is 11.7. The lowest BCUT2D eigenvalue weighted by atomic mass is 9.97. The predicted octanol–water partition coefficient (Wildman–Crippen LogP) is 4.01. The molecule has 0 bridgehead atoms. The molecular formula is C19H22N2O4. The number of rotatable bonds is 5. The van der Waals surface area contributed by atoms with Gasteiger partial charge < -0.3 is 13.6 Å². The highest BCUT2D eigenvalue weighted by atomic mass is 16.5. The van der Waals surface area contributed by atoms with Crippen molar-refractivity contribution in [1.82, 2.24) is 10.2 Å². The molecule has 0 unspecified atom stereocenters. The summed E-state index contributed by atoms with van der Waals surface area (Å²) < 4.78 is 16.6. The zero-order valence-corrected chi connectivity index (χ0v) is 15.0. The van der Waals surface area contributed by atoms with Gasteiger partial charge in [-0.2, -0.15) is 0 Å². The molecule has 0 amide bonds. The molecular weight excluding hydrogens is 320 g/mol. The average Bonchev–Trinajstić information content (AvgIpc) is 3.02. The second kappa shape index (κ2) is 6.70. The maximum absolute atomic E-state index is 11.7. The lowest BCUT2D eigenvalue weighted by Gasteiger charge is -2.11. The first-order valence-corrected chi connectivity index (χ1v) is 8.39. The zero-order valence-electron chi connectivity index (χ0n) is 15.0. The largest absolute Gasteiger partial charge is 0.484 e. The molecule has 3 rings (SSSR count). The van der Waals surface area contributed by atoms with E-state index in [1.54, 1.807) is 12.1 Å². The van der Waals surface area contributed by atoms with Gasteiger partial charge in [-0.25, -0.2) is 4.79 Å². The SMILES string of the molecule is CCCc1cc(=O)oc2cc(OCc3nnc(C(C)(C)C)o3)ccc12. The quantitative estimate of drug-likeness (QED) is 0.652. The molecule has 0 saturated carbocycles. The number of nitrogens with zero attached hydrogens (tertiary/aromatic N) is 2. The Balaban J connectivity index is 1.80. The van der Waals surface area contributed by atoms with E-state index in [4.69, 9.17) is 13.6 Å². The Morgan fingerprint density at radius 3 is 2.60 bits per heavy atom. The van der Waals surface area contributed by atoms with E-state index < -0.39 is 0 Å². The van der Waals surface area contributed by atoms with Crippen molar-refractivity contribution in [3.8, 4) is 5.75 Å². The van der Waals surface area contributed by atoms with Crippen LogP contribution in [0.4, 0.5) is 0 Å². The van der Waals surface area contributed by atoms with Crippen molar-refractivity contribution in [3.05, 3.63) is 52.0 Å². The summed E-state index contributed by atoms with van der Waals surface area (Å²) in [5, 5.41) is 8.97. The fourth-order valence-corrected chi connectivity index (χ4v) is 2.54. The van der Waals surface area contributed by atoms with Crippen LogP contribution in [0, 0.1) is 0 Å². The summed E-state index contributed by atoms with van der Waals surface area (Å²) in [5.74, 6) is 1.56. The molecule has 0 spiro atoms. The van der Waals surface area contributed by atoms with Gasteiger partial charge in [0, 0.05) is 22.9 Å². The van der Waals surface area contributed by atoms with Crippen molar-refractivity contribution in [3.63, 3.8) is 0 Å². The van der Waals surface area contributed by atoms with Gasteiger partial charge in [0.25, 0.3) is 5.89 Å². The van der Waals surface area contributed by atoms with Crippen LogP contribution >= 0.6 is 0 Å². The summed E-state index contributed by atoms with van der Waals surface area (Å²) in [7, 11) is 0. The third kappa shape index (κ3) is 3.90. The van der Waals surface area contributed by atoms with E-state index in [0.717, 1.165) is 23.8 Å². The normalized spacial score (nSPS) is 11.8. The first-order chi connectivity index (χ1) is 11.9. The highest BCUT2D eigenvalue weighted by Gasteiger charge is 2.21. The first kappa shape index (κ1) is 17.2. The molecule has 0 fully saturated rings. The van der Waals surface area contributed by atoms with Gasteiger partial charge >= 0.3 is 5.63 Å². The van der Waals surface area contributed by atoms with E-state index >= 15 is 0 Å². The van der Waals surface area contributed by atoms with Crippen molar-refractivity contribution in [2.75, 3.05) is 0 Å².